The molecule has 0 spiro atoms. The highest BCUT2D eigenvalue weighted by Crippen LogP contribution is 2.29. The third kappa shape index (κ3) is 4.44. The second kappa shape index (κ2) is 8.79. The minimum Gasteiger partial charge on any atom is -0.435 e. The van der Waals surface area contributed by atoms with Crippen LogP contribution in [-0.2, 0) is 5.75 Å². The number of halogens is 3. The second-order valence-corrected chi connectivity index (χ2v) is 7.65. The zero-order valence-electron chi connectivity index (χ0n) is 15.1. The first-order valence-electron chi connectivity index (χ1n) is 8.47. The van der Waals surface area contributed by atoms with Crippen molar-refractivity contribution in [2.24, 2.45) is 0 Å². The summed E-state index contributed by atoms with van der Waals surface area (Å²) in [7, 11) is 0. The second-order valence-electron chi connectivity index (χ2n) is 5.85. The number of ether oxygens (including phenoxy) is 1. The molecule has 154 valence electrons. The minimum atomic E-state index is -2.88. The van der Waals surface area contributed by atoms with Crippen molar-refractivity contribution in [2.45, 2.75) is 17.5 Å². The van der Waals surface area contributed by atoms with E-state index in [1.807, 2.05) is 24.3 Å². The van der Waals surface area contributed by atoms with Crippen LogP contribution in [0.2, 0.25) is 0 Å². The van der Waals surface area contributed by atoms with Crippen LogP contribution in [0, 0.1) is 0 Å². The Balaban J connectivity index is 1.44. The van der Waals surface area contributed by atoms with Crippen LogP contribution >= 0.6 is 27.7 Å². The predicted octanol–water partition coefficient (Wildman–Crippen LogP) is 4.37. The van der Waals surface area contributed by atoms with Gasteiger partial charge in [0.15, 0.2) is 5.82 Å². The van der Waals surface area contributed by atoms with E-state index >= 15 is 0 Å². The molecule has 0 saturated carbocycles. The van der Waals surface area contributed by atoms with E-state index in [0.717, 1.165) is 10.0 Å². The number of nitrogens with zero attached hydrogens (tertiary/aromatic N) is 5. The topological polar surface area (TPSA) is 105 Å². The van der Waals surface area contributed by atoms with Crippen LogP contribution in [0.5, 0.6) is 5.75 Å². The van der Waals surface area contributed by atoms with Gasteiger partial charge in [-0.05, 0) is 52.3 Å². The van der Waals surface area contributed by atoms with Crippen molar-refractivity contribution in [1.82, 2.24) is 25.1 Å². The van der Waals surface area contributed by atoms with Crippen LogP contribution < -0.4 is 10.6 Å². The van der Waals surface area contributed by atoms with E-state index in [2.05, 4.69) is 41.1 Å². The van der Waals surface area contributed by atoms with Gasteiger partial charge in [0.25, 0.3) is 0 Å². The summed E-state index contributed by atoms with van der Waals surface area (Å²) in [5.74, 6) is 7.65. The molecule has 0 unspecified atom stereocenters. The van der Waals surface area contributed by atoms with E-state index in [-0.39, 0.29) is 5.75 Å². The fourth-order valence-corrected chi connectivity index (χ4v) is 3.69. The lowest BCUT2D eigenvalue weighted by Gasteiger charge is -2.06. The Bertz CT molecular complexity index is 1150. The first-order valence-corrected chi connectivity index (χ1v) is 10.2. The van der Waals surface area contributed by atoms with Gasteiger partial charge < -0.3 is 15.0 Å². The molecule has 30 heavy (non-hydrogen) atoms. The molecule has 0 fully saturated rings. The Morgan fingerprint density at radius 3 is 2.57 bits per heavy atom. The van der Waals surface area contributed by atoms with Crippen LogP contribution in [0.15, 0.2) is 62.6 Å². The Kier molecular flexibility index (Phi) is 5.95. The van der Waals surface area contributed by atoms with Crippen LogP contribution in [0.4, 0.5) is 8.78 Å². The summed E-state index contributed by atoms with van der Waals surface area (Å²) >= 11 is 4.72. The Morgan fingerprint density at radius 2 is 1.83 bits per heavy atom. The van der Waals surface area contributed by atoms with E-state index in [4.69, 9.17) is 10.3 Å². The van der Waals surface area contributed by atoms with Gasteiger partial charge in [0.05, 0.1) is 11.3 Å². The molecule has 0 aliphatic rings. The summed E-state index contributed by atoms with van der Waals surface area (Å²) in [4.78, 5) is 0. The summed E-state index contributed by atoms with van der Waals surface area (Å²) in [5, 5.41) is 16.7. The maximum absolute atomic E-state index is 12.3. The summed E-state index contributed by atoms with van der Waals surface area (Å²) in [6.07, 6.45) is 0. The van der Waals surface area contributed by atoms with E-state index in [0.29, 0.717) is 34.1 Å². The minimum absolute atomic E-state index is 0.0451. The number of hydrogen-bond acceptors (Lipinski definition) is 8. The molecular formula is C18H13BrF2N6O2S. The lowest BCUT2D eigenvalue weighted by atomic mass is 10.2. The summed E-state index contributed by atoms with van der Waals surface area (Å²) in [6, 6.07) is 13.5. The first-order chi connectivity index (χ1) is 14.5. The standard InChI is InChI=1S/C18H13BrF2N6O2S/c19-13-4-2-1-3-12(13)16-25-23-14(29-16)9-30-18-26-24-15(27(18)22)10-5-7-11(8-6-10)28-17(20)21/h1-8,17H,9,22H2. The molecule has 0 atom stereocenters. The Labute approximate surface area is 181 Å². The normalized spacial score (nSPS) is 11.2. The number of aromatic nitrogens is 5. The molecule has 0 saturated heterocycles. The fraction of sp³-hybridized carbons (Fsp3) is 0.111. The molecule has 4 rings (SSSR count). The molecule has 0 radical (unpaired) electrons. The van der Waals surface area contributed by atoms with Gasteiger partial charge in [-0.15, -0.1) is 20.4 Å². The fourth-order valence-electron chi connectivity index (χ4n) is 2.54. The number of thioether (sulfide) groups is 1. The molecule has 2 aromatic heterocycles. The van der Waals surface area contributed by atoms with Crippen LogP contribution in [0.3, 0.4) is 0 Å². The molecule has 4 aromatic rings. The lowest BCUT2D eigenvalue weighted by molar-refractivity contribution is -0.0498. The Morgan fingerprint density at radius 1 is 1.07 bits per heavy atom. The quantitative estimate of drug-likeness (QED) is 0.298. The molecule has 2 N–H and O–H groups in total. The number of alkyl halides is 2. The van der Waals surface area contributed by atoms with Crippen molar-refractivity contribution in [3.8, 4) is 28.6 Å². The number of benzene rings is 2. The van der Waals surface area contributed by atoms with Gasteiger partial charge in [0.1, 0.15) is 5.75 Å². The van der Waals surface area contributed by atoms with Gasteiger partial charge in [0, 0.05) is 10.0 Å². The van der Waals surface area contributed by atoms with E-state index in [1.165, 1.54) is 28.6 Å². The third-order valence-electron chi connectivity index (χ3n) is 3.90. The van der Waals surface area contributed by atoms with Crippen molar-refractivity contribution in [3.05, 3.63) is 58.9 Å². The molecule has 0 bridgehead atoms. The number of nitrogens with two attached hydrogens (primary N) is 1. The molecule has 8 nitrogen and oxygen atoms in total. The first kappa shape index (κ1) is 20.3. The highest BCUT2D eigenvalue weighted by molar-refractivity contribution is 9.10. The highest BCUT2D eigenvalue weighted by atomic mass is 79.9. The van der Waals surface area contributed by atoms with E-state index in [9.17, 15) is 8.78 Å². The van der Waals surface area contributed by atoms with Gasteiger partial charge in [0.2, 0.25) is 16.9 Å². The van der Waals surface area contributed by atoms with E-state index in [1.54, 1.807) is 12.1 Å². The average molecular weight is 495 g/mol. The molecule has 0 amide bonds. The maximum Gasteiger partial charge on any atom is 0.387 e. The van der Waals surface area contributed by atoms with Crippen LogP contribution in [0.1, 0.15) is 5.89 Å². The van der Waals surface area contributed by atoms with Crippen LogP contribution in [-0.4, -0.2) is 31.7 Å². The Hall–Kier alpha value is -2.99. The predicted molar refractivity (Wildman–Crippen MR) is 109 cm³/mol. The molecular weight excluding hydrogens is 482 g/mol. The zero-order chi connectivity index (χ0) is 21.1. The SMILES string of the molecule is Nn1c(SCc2nnc(-c3ccccc3Br)o2)nnc1-c1ccc(OC(F)F)cc1. The summed E-state index contributed by atoms with van der Waals surface area (Å²) in [5.41, 5.74) is 1.40. The number of rotatable bonds is 7. The average Bonchev–Trinajstić information content (AvgIpc) is 3.34. The van der Waals surface area contributed by atoms with Crippen molar-refractivity contribution >= 4 is 27.7 Å². The number of nitrogen functional groups attached to an aromatic ring is 1. The highest BCUT2D eigenvalue weighted by Gasteiger charge is 2.16. The van der Waals surface area contributed by atoms with Crippen molar-refractivity contribution in [1.29, 1.82) is 0 Å². The molecule has 2 aromatic carbocycles. The summed E-state index contributed by atoms with van der Waals surface area (Å²) in [6.45, 7) is -2.88. The van der Waals surface area contributed by atoms with Crippen molar-refractivity contribution in [3.63, 3.8) is 0 Å². The zero-order valence-corrected chi connectivity index (χ0v) is 17.5. The van der Waals surface area contributed by atoms with Gasteiger partial charge in [-0.1, -0.05) is 23.9 Å². The smallest absolute Gasteiger partial charge is 0.387 e. The monoisotopic (exact) mass is 494 g/mol. The van der Waals surface area contributed by atoms with Crippen molar-refractivity contribution < 1.29 is 17.9 Å². The molecule has 2 heterocycles. The van der Waals surface area contributed by atoms with Gasteiger partial charge in [-0.25, -0.2) is 4.68 Å². The number of hydrogen-bond donors (Lipinski definition) is 1. The van der Waals surface area contributed by atoms with Gasteiger partial charge in [-0.2, -0.15) is 8.78 Å². The molecule has 12 heteroatoms. The van der Waals surface area contributed by atoms with E-state index < -0.39 is 6.61 Å². The maximum atomic E-state index is 12.3. The largest absolute Gasteiger partial charge is 0.435 e. The lowest BCUT2D eigenvalue weighted by Crippen LogP contribution is -2.11. The third-order valence-corrected chi connectivity index (χ3v) is 5.52. The molecule has 0 aliphatic heterocycles. The van der Waals surface area contributed by atoms with Crippen molar-refractivity contribution in [2.75, 3.05) is 5.84 Å². The summed E-state index contributed by atoms with van der Waals surface area (Å²) < 4.78 is 36.7. The van der Waals surface area contributed by atoms with Gasteiger partial charge in [-0.3, -0.25) is 0 Å². The molecule has 0 aliphatic carbocycles. The van der Waals surface area contributed by atoms with Gasteiger partial charge >= 0.3 is 6.61 Å². The van der Waals surface area contributed by atoms with Crippen LogP contribution in [0.25, 0.3) is 22.8 Å².